The molecule has 2 heterocycles. The standard InChI is InChI=1S/2C11H23NO/c1-4-6-13-9-11-7-10(5-2)8-12(11)3;1-4-10-7-11(9-13-6-3)12(5-2)8-10/h2*10-11H,4-9H2,1-3H3. The summed E-state index contributed by atoms with van der Waals surface area (Å²) >= 11 is 0. The quantitative estimate of drug-likeness (QED) is 0.536. The molecular weight excluding hydrogens is 324 g/mol. The normalized spacial score (nSPS) is 29.8. The highest BCUT2D eigenvalue weighted by Crippen LogP contribution is 2.25. The molecule has 2 aliphatic heterocycles. The van der Waals surface area contributed by atoms with Crippen LogP contribution in [0.3, 0.4) is 0 Å². The molecule has 0 aromatic carbocycles. The molecule has 4 unspecified atom stereocenters. The van der Waals surface area contributed by atoms with Crippen molar-refractivity contribution in [1.29, 1.82) is 0 Å². The Hall–Kier alpha value is -0.160. The molecule has 0 saturated carbocycles. The van der Waals surface area contributed by atoms with Crippen molar-refractivity contribution in [2.24, 2.45) is 11.8 Å². The van der Waals surface area contributed by atoms with Gasteiger partial charge in [-0.3, -0.25) is 4.90 Å². The minimum atomic E-state index is 0.677. The maximum absolute atomic E-state index is 5.59. The number of likely N-dealkylation sites (tertiary alicyclic amines) is 2. The molecule has 4 atom stereocenters. The van der Waals surface area contributed by atoms with Gasteiger partial charge in [0.05, 0.1) is 13.2 Å². The molecule has 0 spiro atoms. The first-order valence-electron chi connectivity index (χ1n) is 11.2. The maximum atomic E-state index is 5.59. The fraction of sp³-hybridized carbons (Fsp3) is 1.00. The summed E-state index contributed by atoms with van der Waals surface area (Å²) in [6.45, 7) is 18.4. The van der Waals surface area contributed by atoms with Gasteiger partial charge in [-0.2, -0.15) is 0 Å². The average Bonchev–Trinajstić information content (AvgIpc) is 3.23. The molecule has 0 aliphatic carbocycles. The third kappa shape index (κ3) is 8.24. The van der Waals surface area contributed by atoms with Crippen LogP contribution in [-0.2, 0) is 9.47 Å². The Kier molecular flexibility index (Phi) is 12.8. The minimum absolute atomic E-state index is 0.677. The van der Waals surface area contributed by atoms with Crippen molar-refractivity contribution < 1.29 is 9.47 Å². The Morgan fingerprint density at radius 3 is 1.96 bits per heavy atom. The summed E-state index contributed by atoms with van der Waals surface area (Å²) in [6, 6.07) is 1.37. The molecule has 4 heteroatoms. The van der Waals surface area contributed by atoms with Gasteiger partial charge in [0, 0.05) is 38.4 Å². The topological polar surface area (TPSA) is 24.9 Å². The van der Waals surface area contributed by atoms with E-state index in [2.05, 4.69) is 51.5 Å². The van der Waals surface area contributed by atoms with Crippen LogP contribution in [0.15, 0.2) is 0 Å². The Labute approximate surface area is 163 Å². The van der Waals surface area contributed by atoms with E-state index < -0.39 is 0 Å². The lowest BCUT2D eigenvalue weighted by molar-refractivity contribution is 0.0862. The van der Waals surface area contributed by atoms with E-state index in [1.165, 1.54) is 45.3 Å². The van der Waals surface area contributed by atoms with Crippen molar-refractivity contribution in [3.63, 3.8) is 0 Å². The number of hydrogen-bond acceptors (Lipinski definition) is 4. The van der Waals surface area contributed by atoms with Gasteiger partial charge < -0.3 is 14.4 Å². The molecule has 0 aromatic rings. The highest BCUT2D eigenvalue weighted by atomic mass is 16.5. The molecule has 0 bridgehead atoms. The van der Waals surface area contributed by atoms with Gasteiger partial charge in [-0.15, -0.1) is 0 Å². The smallest absolute Gasteiger partial charge is 0.0621 e. The van der Waals surface area contributed by atoms with E-state index in [1.807, 2.05) is 0 Å². The first kappa shape index (κ1) is 23.9. The van der Waals surface area contributed by atoms with Crippen LogP contribution in [0.25, 0.3) is 0 Å². The highest BCUT2D eigenvalue weighted by Gasteiger charge is 2.29. The molecule has 4 nitrogen and oxygen atoms in total. The van der Waals surface area contributed by atoms with Gasteiger partial charge in [0.15, 0.2) is 0 Å². The predicted molar refractivity (Wildman–Crippen MR) is 112 cm³/mol. The summed E-state index contributed by atoms with van der Waals surface area (Å²) in [5.74, 6) is 1.81. The van der Waals surface area contributed by atoms with Crippen LogP contribution in [0.4, 0.5) is 0 Å². The Bertz CT molecular complexity index is 340. The highest BCUT2D eigenvalue weighted by molar-refractivity contribution is 4.84. The Morgan fingerprint density at radius 1 is 0.808 bits per heavy atom. The van der Waals surface area contributed by atoms with Crippen molar-refractivity contribution >= 4 is 0 Å². The molecule has 2 rings (SSSR count). The third-order valence-electron chi connectivity index (χ3n) is 6.12. The first-order chi connectivity index (χ1) is 12.6. The van der Waals surface area contributed by atoms with Gasteiger partial charge >= 0.3 is 0 Å². The van der Waals surface area contributed by atoms with E-state index >= 15 is 0 Å². The van der Waals surface area contributed by atoms with Gasteiger partial charge in [0.25, 0.3) is 0 Å². The second-order valence-corrected chi connectivity index (χ2v) is 8.09. The summed E-state index contributed by atoms with van der Waals surface area (Å²) in [5, 5.41) is 0. The van der Waals surface area contributed by atoms with Gasteiger partial charge in [0.1, 0.15) is 0 Å². The molecule has 2 fully saturated rings. The largest absolute Gasteiger partial charge is 0.380 e. The molecule has 0 radical (unpaired) electrons. The molecule has 156 valence electrons. The zero-order valence-electron chi connectivity index (χ0n) is 18.5. The second-order valence-electron chi connectivity index (χ2n) is 8.09. The van der Waals surface area contributed by atoms with Gasteiger partial charge in [-0.05, 0) is 51.6 Å². The number of likely N-dealkylation sites (N-methyl/N-ethyl adjacent to an activating group) is 2. The number of nitrogens with zero attached hydrogens (tertiary/aromatic N) is 2. The lowest BCUT2D eigenvalue weighted by atomic mass is 10.0. The van der Waals surface area contributed by atoms with E-state index in [4.69, 9.17) is 9.47 Å². The van der Waals surface area contributed by atoms with Crippen LogP contribution < -0.4 is 0 Å². The Morgan fingerprint density at radius 2 is 1.42 bits per heavy atom. The minimum Gasteiger partial charge on any atom is -0.380 e. The molecule has 2 aliphatic rings. The van der Waals surface area contributed by atoms with Crippen molar-refractivity contribution in [2.75, 3.05) is 53.1 Å². The summed E-state index contributed by atoms with van der Waals surface area (Å²) in [7, 11) is 2.22. The SMILES string of the molecule is CCCOCC1CC(CC)CN1C.CCOCC1CC(CC)CN1CC. The fourth-order valence-electron chi connectivity index (χ4n) is 4.25. The zero-order chi connectivity index (χ0) is 19.4. The van der Waals surface area contributed by atoms with Gasteiger partial charge in [-0.25, -0.2) is 0 Å². The van der Waals surface area contributed by atoms with Crippen LogP contribution >= 0.6 is 0 Å². The van der Waals surface area contributed by atoms with E-state index in [0.29, 0.717) is 12.1 Å². The van der Waals surface area contributed by atoms with Crippen molar-refractivity contribution in [3.05, 3.63) is 0 Å². The molecule has 0 amide bonds. The van der Waals surface area contributed by atoms with E-state index in [9.17, 15) is 0 Å². The first-order valence-corrected chi connectivity index (χ1v) is 11.2. The van der Waals surface area contributed by atoms with Crippen LogP contribution in [0.1, 0.15) is 66.7 Å². The van der Waals surface area contributed by atoms with Crippen molar-refractivity contribution in [2.45, 2.75) is 78.8 Å². The number of hydrogen-bond donors (Lipinski definition) is 0. The van der Waals surface area contributed by atoms with Gasteiger partial charge in [-0.1, -0.05) is 40.5 Å². The summed E-state index contributed by atoms with van der Waals surface area (Å²) in [6.07, 6.45) is 6.43. The molecule has 0 aromatic heterocycles. The third-order valence-corrected chi connectivity index (χ3v) is 6.12. The van der Waals surface area contributed by atoms with E-state index in [0.717, 1.165) is 44.7 Å². The van der Waals surface area contributed by atoms with Crippen LogP contribution in [-0.4, -0.2) is 75.0 Å². The summed E-state index contributed by atoms with van der Waals surface area (Å²) in [5.41, 5.74) is 0. The Balaban J connectivity index is 0.000000260. The second kappa shape index (κ2) is 13.9. The zero-order valence-corrected chi connectivity index (χ0v) is 18.5. The van der Waals surface area contributed by atoms with Crippen molar-refractivity contribution in [1.82, 2.24) is 9.80 Å². The number of ether oxygens (including phenoxy) is 2. The van der Waals surface area contributed by atoms with Crippen LogP contribution in [0, 0.1) is 11.8 Å². The van der Waals surface area contributed by atoms with E-state index in [-0.39, 0.29) is 0 Å². The van der Waals surface area contributed by atoms with Crippen LogP contribution in [0.5, 0.6) is 0 Å². The average molecular weight is 371 g/mol. The fourth-order valence-corrected chi connectivity index (χ4v) is 4.25. The predicted octanol–water partition coefficient (Wildman–Crippen LogP) is 4.29. The molecule has 26 heavy (non-hydrogen) atoms. The lowest BCUT2D eigenvalue weighted by Gasteiger charge is -2.21. The van der Waals surface area contributed by atoms with Gasteiger partial charge in [0.2, 0.25) is 0 Å². The van der Waals surface area contributed by atoms with Crippen LogP contribution in [0.2, 0.25) is 0 Å². The summed E-state index contributed by atoms with van der Waals surface area (Å²) < 4.78 is 11.1. The summed E-state index contributed by atoms with van der Waals surface area (Å²) in [4.78, 5) is 5.01. The number of rotatable bonds is 10. The monoisotopic (exact) mass is 370 g/mol. The molecular formula is C22H46N2O2. The maximum Gasteiger partial charge on any atom is 0.0621 e. The van der Waals surface area contributed by atoms with E-state index in [1.54, 1.807) is 0 Å². The molecule has 0 N–H and O–H groups in total. The van der Waals surface area contributed by atoms with Crippen molar-refractivity contribution in [3.8, 4) is 0 Å². The lowest BCUT2D eigenvalue weighted by Crippen LogP contribution is -2.32. The molecule has 2 saturated heterocycles.